The van der Waals surface area contributed by atoms with Crippen LogP contribution in [-0.2, 0) is 19.1 Å². The lowest BCUT2D eigenvalue weighted by Crippen LogP contribution is -2.63. The number of aliphatic hydroxyl groups is 3. The number of allylic oxidation sites excluding steroid dienone is 1. The van der Waals surface area contributed by atoms with Crippen LogP contribution in [0.5, 0.6) is 0 Å². The van der Waals surface area contributed by atoms with Gasteiger partial charge in [0.1, 0.15) is 5.78 Å². The van der Waals surface area contributed by atoms with Crippen molar-refractivity contribution in [2.45, 2.75) is 129 Å². The molecule has 0 aromatic carbocycles. The largest absolute Gasteiger partial charge is 0.392 e. The Morgan fingerprint density at radius 1 is 1.13 bits per heavy atom. The van der Waals surface area contributed by atoms with Crippen molar-refractivity contribution < 1.29 is 34.4 Å². The molecule has 228 valence electrons. The normalized spacial score (nSPS) is 26.4. The van der Waals surface area contributed by atoms with Crippen LogP contribution >= 0.6 is 0 Å². The van der Waals surface area contributed by atoms with Crippen LogP contribution in [0.2, 0.25) is 0 Å². The number of ether oxygens (including phenoxy) is 2. The topological polar surface area (TPSA) is 125 Å². The number of aliphatic hydroxyl groups excluding tert-OH is 3. The van der Waals surface area contributed by atoms with Gasteiger partial charge in [-0.3, -0.25) is 9.59 Å². The van der Waals surface area contributed by atoms with E-state index in [2.05, 4.69) is 25.2 Å². The second-order valence-corrected chi connectivity index (χ2v) is 12.2. The molecule has 1 rings (SSSR count). The minimum absolute atomic E-state index is 0.0110. The summed E-state index contributed by atoms with van der Waals surface area (Å²) in [4.78, 5) is 25.7. The first-order valence-corrected chi connectivity index (χ1v) is 15.0. The molecule has 4 N–H and O–H groups in total. The second-order valence-electron chi connectivity index (χ2n) is 12.2. The van der Waals surface area contributed by atoms with Gasteiger partial charge in [0.2, 0.25) is 5.91 Å². The first-order chi connectivity index (χ1) is 18.4. The third-order valence-electron chi connectivity index (χ3n) is 8.46. The Labute approximate surface area is 236 Å². The van der Waals surface area contributed by atoms with Gasteiger partial charge in [0.15, 0.2) is 0 Å². The van der Waals surface area contributed by atoms with E-state index in [1.807, 2.05) is 6.08 Å². The van der Waals surface area contributed by atoms with Crippen molar-refractivity contribution in [3.63, 3.8) is 0 Å². The van der Waals surface area contributed by atoms with Gasteiger partial charge in [-0.15, -0.1) is 0 Å². The van der Waals surface area contributed by atoms with E-state index in [1.54, 1.807) is 27.9 Å². The molecule has 0 heterocycles. The molecule has 0 radical (unpaired) electrons. The van der Waals surface area contributed by atoms with Gasteiger partial charge in [-0.05, 0) is 25.2 Å². The van der Waals surface area contributed by atoms with E-state index in [1.165, 1.54) is 45.6 Å². The number of ketones is 1. The highest BCUT2D eigenvalue weighted by Gasteiger charge is 2.55. The van der Waals surface area contributed by atoms with Gasteiger partial charge in [-0.2, -0.15) is 0 Å². The smallest absolute Gasteiger partial charge is 0.220 e. The standard InChI is InChI=1S/C31H57NO7/c1-8-9-10-11-13-16-21(2)19-23(39-7)17-14-12-15-18-25(33)32-24(20-38-6)28(35)26-27(34)22(3)29(36)31(4,5)30(26)37/h12,14,21-24,26-29,34-36H,8-11,13,15-20H2,1-7H3,(H,32,33)/b14-12+/t21-,22-,23-,24+,26-,27+,28-,29+/m0/s1. The summed E-state index contributed by atoms with van der Waals surface area (Å²) in [6, 6.07) is -0.866. The van der Waals surface area contributed by atoms with Crippen molar-refractivity contribution in [2.24, 2.45) is 23.2 Å². The number of unbranched alkanes of at least 4 members (excludes halogenated alkanes) is 4. The zero-order valence-corrected chi connectivity index (χ0v) is 25.5. The van der Waals surface area contributed by atoms with E-state index in [4.69, 9.17) is 9.47 Å². The zero-order chi connectivity index (χ0) is 29.6. The van der Waals surface area contributed by atoms with Crippen LogP contribution in [0.3, 0.4) is 0 Å². The van der Waals surface area contributed by atoms with Crippen molar-refractivity contribution in [1.82, 2.24) is 5.32 Å². The molecule has 0 aliphatic heterocycles. The van der Waals surface area contributed by atoms with Gasteiger partial charge < -0.3 is 30.1 Å². The molecule has 1 saturated carbocycles. The van der Waals surface area contributed by atoms with E-state index in [0.717, 1.165) is 12.8 Å². The molecule has 1 amide bonds. The number of carbonyl (C=O) groups is 2. The van der Waals surface area contributed by atoms with Crippen LogP contribution in [0, 0.1) is 23.2 Å². The lowest BCUT2D eigenvalue weighted by Gasteiger charge is -2.47. The summed E-state index contributed by atoms with van der Waals surface area (Å²) in [7, 11) is 3.20. The Morgan fingerprint density at radius 2 is 1.79 bits per heavy atom. The fraction of sp³-hybridized carbons (Fsp3) is 0.871. The van der Waals surface area contributed by atoms with Crippen molar-refractivity contribution in [1.29, 1.82) is 0 Å². The van der Waals surface area contributed by atoms with Gasteiger partial charge >= 0.3 is 0 Å². The van der Waals surface area contributed by atoms with Crippen LogP contribution in [0.4, 0.5) is 0 Å². The Morgan fingerprint density at radius 3 is 2.41 bits per heavy atom. The molecule has 1 aliphatic carbocycles. The quantitative estimate of drug-likeness (QED) is 0.139. The summed E-state index contributed by atoms with van der Waals surface area (Å²) in [6.07, 6.45) is 10.9. The average molecular weight is 556 g/mol. The van der Waals surface area contributed by atoms with Gasteiger partial charge in [0.05, 0.1) is 48.4 Å². The number of methoxy groups -OCH3 is 2. The molecule has 8 atom stereocenters. The van der Waals surface area contributed by atoms with E-state index in [0.29, 0.717) is 12.3 Å². The van der Waals surface area contributed by atoms with E-state index >= 15 is 0 Å². The summed E-state index contributed by atoms with van der Waals surface area (Å²) in [5.41, 5.74) is -1.12. The van der Waals surface area contributed by atoms with Crippen molar-refractivity contribution >= 4 is 11.7 Å². The van der Waals surface area contributed by atoms with Gasteiger partial charge in [0.25, 0.3) is 0 Å². The lowest BCUT2D eigenvalue weighted by atomic mass is 9.61. The molecule has 1 fully saturated rings. The summed E-state index contributed by atoms with van der Waals surface area (Å²) < 4.78 is 10.9. The van der Waals surface area contributed by atoms with Gasteiger partial charge in [-0.1, -0.05) is 85.3 Å². The first kappa shape index (κ1) is 35.7. The van der Waals surface area contributed by atoms with Crippen molar-refractivity contribution in [3.8, 4) is 0 Å². The van der Waals surface area contributed by atoms with Crippen LogP contribution < -0.4 is 5.32 Å². The number of amides is 1. The monoisotopic (exact) mass is 555 g/mol. The SMILES string of the molecule is CCCCCCC[C@H](C)C[C@H](C/C=C/CCC(=O)N[C@H](COC)[C@H](O)[C@H]1C(=O)C(C)(C)[C@H](O)[C@@H](C)[C@H]1O)OC. The molecule has 0 aromatic rings. The fourth-order valence-corrected chi connectivity index (χ4v) is 5.72. The molecule has 8 heteroatoms. The Balaban J connectivity index is 2.56. The summed E-state index contributed by atoms with van der Waals surface area (Å²) in [5.74, 6) is -1.82. The molecule has 39 heavy (non-hydrogen) atoms. The Hall–Kier alpha value is -1.32. The maximum Gasteiger partial charge on any atom is 0.220 e. The predicted molar refractivity (Wildman–Crippen MR) is 154 cm³/mol. The molecule has 0 saturated heterocycles. The Bertz CT molecular complexity index is 740. The minimum atomic E-state index is -1.35. The third kappa shape index (κ3) is 11.2. The van der Waals surface area contributed by atoms with Crippen LogP contribution in [-0.4, -0.2) is 78.3 Å². The number of hydrogen-bond acceptors (Lipinski definition) is 7. The van der Waals surface area contributed by atoms with E-state index in [9.17, 15) is 24.9 Å². The van der Waals surface area contributed by atoms with Crippen LogP contribution in [0.25, 0.3) is 0 Å². The van der Waals surface area contributed by atoms with Crippen LogP contribution in [0.15, 0.2) is 12.2 Å². The summed E-state index contributed by atoms with van der Waals surface area (Å²) in [5, 5.41) is 35.0. The summed E-state index contributed by atoms with van der Waals surface area (Å²) >= 11 is 0. The molecule has 0 unspecified atom stereocenters. The zero-order valence-electron chi connectivity index (χ0n) is 25.5. The maximum absolute atomic E-state index is 13.1. The average Bonchev–Trinajstić information content (AvgIpc) is 2.90. The van der Waals surface area contributed by atoms with E-state index in [-0.39, 0.29) is 25.0 Å². The highest BCUT2D eigenvalue weighted by atomic mass is 16.5. The molecule has 1 aliphatic rings. The number of hydrogen-bond donors (Lipinski definition) is 4. The van der Waals surface area contributed by atoms with E-state index < -0.39 is 47.4 Å². The highest BCUT2D eigenvalue weighted by Crippen LogP contribution is 2.41. The van der Waals surface area contributed by atoms with Crippen LogP contribution in [0.1, 0.15) is 98.8 Å². The van der Waals surface area contributed by atoms with Crippen molar-refractivity contribution in [2.75, 3.05) is 20.8 Å². The molecule has 8 nitrogen and oxygen atoms in total. The predicted octanol–water partition coefficient (Wildman–Crippen LogP) is 4.19. The molecular formula is C31H57NO7. The highest BCUT2D eigenvalue weighted by molar-refractivity contribution is 5.89. The molecular weight excluding hydrogens is 498 g/mol. The number of Topliss-reactive ketones (excluding diaryl/α,β-unsaturated/α-hetero) is 1. The number of carbonyl (C=O) groups excluding carboxylic acids is 2. The van der Waals surface area contributed by atoms with Gasteiger partial charge in [0, 0.05) is 26.6 Å². The molecule has 0 spiro atoms. The second kappa shape index (κ2) is 18.2. The lowest BCUT2D eigenvalue weighted by molar-refractivity contribution is -0.173. The maximum atomic E-state index is 13.1. The molecule has 0 aromatic heterocycles. The summed E-state index contributed by atoms with van der Waals surface area (Å²) in [6.45, 7) is 9.39. The number of nitrogens with one attached hydrogen (secondary N) is 1. The molecule has 0 bridgehead atoms. The minimum Gasteiger partial charge on any atom is -0.392 e. The van der Waals surface area contributed by atoms with Gasteiger partial charge in [-0.25, -0.2) is 0 Å². The third-order valence-corrected chi connectivity index (χ3v) is 8.46. The Kier molecular flexibility index (Phi) is 16.6. The number of rotatable bonds is 19. The van der Waals surface area contributed by atoms with Crippen molar-refractivity contribution in [3.05, 3.63) is 12.2 Å². The fourth-order valence-electron chi connectivity index (χ4n) is 5.72. The first-order valence-electron chi connectivity index (χ1n) is 15.0.